The van der Waals surface area contributed by atoms with E-state index in [-0.39, 0.29) is 31.9 Å². The number of hydrogen-bond donors (Lipinski definition) is 4. The lowest BCUT2D eigenvalue weighted by Crippen LogP contribution is -2.54. The Balaban J connectivity index is 1.31. The zero-order valence-corrected chi connectivity index (χ0v) is 28.6. The number of nitrogens with zero attached hydrogens (tertiary/aromatic N) is 1. The van der Waals surface area contributed by atoms with Gasteiger partial charge in [0.05, 0.1) is 6.61 Å². The van der Waals surface area contributed by atoms with Gasteiger partial charge in [-0.2, -0.15) is 0 Å². The van der Waals surface area contributed by atoms with E-state index in [1.165, 1.54) is 4.90 Å². The molecule has 1 aliphatic heterocycles. The van der Waals surface area contributed by atoms with Crippen molar-refractivity contribution < 1.29 is 38.9 Å². The number of nitrogens with one attached hydrogen (secondary N) is 2. The third kappa shape index (κ3) is 8.22. The molecule has 1 unspecified atom stereocenters. The molecule has 49 heavy (non-hydrogen) atoms. The summed E-state index contributed by atoms with van der Waals surface area (Å²) < 4.78 is 11.6. The van der Waals surface area contributed by atoms with E-state index in [2.05, 4.69) is 10.6 Å². The molecule has 11 heteroatoms. The maximum absolute atomic E-state index is 13.7. The Morgan fingerprint density at radius 2 is 1.49 bits per heavy atom. The molecule has 0 spiro atoms. The van der Waals surface area contributed by atoms with Crippen LogP contribution in [0.1, 0.15) is 63.6 Å². The molecule has 260 valence electrons. The number of ketones is 1. The van der Waals surface area contributed by atoms with E-state index >= 15 is 0 Å². The van der Waals surface area contributed by atoms with E-state index in [4.69, 9.17) is 9.47 Å². The highest BCUT2D eigenvalue weighted by molar-refractivity contribution is 5.94. The molecule has 3 atom stereocenters. The molecule has 1 fully saturated rings. The maximum atomic E-state index is 13.7. The topological polar surface area (TPSA) is 154 Å². The normalized spacial score (nSPS) is 17.8. The molecular formula is C38H45N3O8. The maximum Gasteiger partial charge on any atom is 0.407 e. The summed E-state index contributed by atoms with van der Waals surface area (Å²) in [5.41, 5.74) is 3.78. The van der Waals surface area contributed by atoms with E-state index in [1.54, 1.807) is 38.1 Å². The van der Waals surface area contributed by atoms with E-state index in [0.717, 1.165) is 22.3 Å². The fraction of sp³-hybridized carbons (Fsp3) is 0.421. The second-order valence-corrected chi connectivity index (χ2v) is 14.3. The molecule has 1 heterocycles. The largest absolute Gasteiger partial charge is 0.488 e. The van der Waals surface area contributed by atoms with Crippen molar-refractivity contribution in [3.63, 3.8) is 0 Å². The van der Waals surface area contributed by atoms with Crippen LogP contribution in [0.25, 0.3) is 11.1 Å². The van der Waals surface area contributed by atoms with Crippen molar-refractivity contribution in [2.75, 3.05) is 19.8 Å². The fourth-order valence-corrected chi connectivity index (χ4v) is 6.81. The van der Waals surface area contributed by atoms with Crippen LogP contribution in [-0.2, 0) is 20.7 Å². The van der Waals surface area contributed by atoms with Crippen molar-refractivity contribution in [3.8, 4) is 16.9 Å². The monoisotopic (exact) mass is 671 g/mol. The lowest BCUT2D eigenvalue weighted by molar-refractivity contribution is -0.131. The van der Waals surface area contributed by atoms with Gasteiger partial charge in [0.1, 0.15) is 30.0 Å². The lowest BCUT2D eigenvalue weighted by atomic mass is 9.90. The number of carbonyl (C=O) groups excluding carboxylic acids is 3. The van der Waals surface area contributed by atoms with Crippen LogP contribution < -0.4 is 15.4 Å². The summed E-state index contributed by atoms with van der Waals surface area (Å²) in [6.07, 6.45) is -1.65. The summed E-state index contributed by atoms with van der Waals surface area (Å²) in [5.74, 6) is -1.42. The molecule has 3 aromatic carbocycles. The quantitative estimate of drug-likeness (QED) is 0.219. The lowest BCUT2D eigenvalue weighted by Gasteiger charge is -2.28. The number of hydrogen-bond acceptors (Lipinski definition) is 7. The second kappa shape index (κ2) is 14.3. The number of amides is 3. The third-order valence-corrected chi connectivity index (χ3v) is 9.09. The SMILES string of the molecule is CC(C)(C)Oc1ccc(C[C@H](NC(=O)OCC2c3ccccc3-c3ccccc32)C(=O)N[C@@H](CO)C(=O)C2CN(C(=O)O)C(C)(C)C2)cc1. The number of ether oxygens (including phenoxy) is 2. The third-order valence-electron chi connectivity index (χ3n) is 9.09. The predicted molar refractivity (Wildman–Crippen MR) is 183 cm³/mol. The van der Waals surface area contributed by atoms with Crippen molar-refractivity contribution in [1.82, 2.24) is 15.5 Å². The molecule has 4 N–H and O–H groups in total. The Kier molecular flexibility index (Phi) is 10.3. The Morgan fingerprint density at radius 3 is 2.02 bits per heavy atom. The molecule has 2 aliphatic rings. The van der Waals surface area contributed by atoms with Crippen LogP contribution in [0, 0.1) is 5.92 Å². The van der Waals surface area contributed by atoms with Crippen molar-refractivity contribution in [2.45, 2.75) is 76.6 Å². The average Bonchev–Trinajstić information content (AvgIpc) is 3.55. The zero-order chi connectivity index (χ0) is 35.5. The first-order valence-corrected chi connectivity index (χ1v) is 16.5. The van der Waals surface area contributed by atoms with E-state index in [9.17, 15) is 29.4 Å². The Morgan fingerprint density at radius 1 is 0.898 bits per heavy atom. The van der Waals surface area contributed by atoms with Gasteiger partial charge in [-0.15, -0.1) is 0 Å². The van der Waals surface area contributed by atoms with Gasteiger partial charge in [0.25, 0.3) is 0 Å². The van der Waals surface area contributed by atoms with Crippen LogP contribution in [-0.4, -0.2) is 82.0 Å². The summed E-state index contributed by atoms with van der Waals surface area (Å²) in [5, 5.41) is 25.1. The van der Waals surface area contributed by atoms with Gasteiger partial charge in [-0.1, -0.05) is 60.7 Å². The number of Topliss-reactive ketones (excluding diaryl/α,β-unsaturated/α-hetero) is 1. The Labute approximate surface area is 286 Å². The van der Waals surface area contributed by atoms with Crippen LogP contribution >= 0.6 is 0 Å². The van der Waals surface area contributed by atoms with Crippen LogP contribution in [0.15, 0.2) is 72.8 Å². The minimum absolute atomic E-state index is 0.0437. The highest BCUT2D eigenvalue weighted by Crippen LogP contribution is 2.44. The van der Waals surface area contributed by atoms with Gasteiger partial charge in [-0.05, 0) is 81.0 Å². The number of benzene rings is 3. The summed E-state index contributed by atoms with van der Waals surface area (Å²) in [4.78, 5) is 53.4. The Hall–Kier alpha value is -4.90. The average molecular weight is 672 g/mol. The number of alkyl carbamates (subject to hydrolysis) is 1. The van der Waals surface area contributed by atoms with Crippen LogP contribution in [0.3, 0.4) is 0 Å². The van der Waals surface area contributed by atoms with Gasteiger partial charge >= 0.3 is 12.2 Å². The highest BCUT2D eigenvalue weighted by atomic mass is 16.5. The smallest absolute Gasteiger partial charge is 0.407 e. The molecule has 11 nitrogen and oxygen atoms in total. The first-order chi connectivity index (χ1) is 23.2. The summed E-state index contributed by atoms with van der Waals surface area (Å²) >= 11 is 0. The predicted octanol–water partition coefficient (Wildman–Crippen LogP) is 5.14. The molecule has 3 amide bonds. The second-order valence-electron chi connectivity index (χ2n) is 14.3. The van der Waals surface area contributed by atoms with Gasteiger partial charge in [0.2, 0.25) is 5.91 Å². The molecule has 5 rings (SSSR count). The van der Waals surface area contributed by atoms with Crippen molar-refractivity contribution >= 4 is 23.9 Å². The molecule has 3 aromatic rings. The van der Waals surface area contributed by atoms with Crippen molar-refractivity contribution in [3.05, 3.63) is 89.5 Å². The number of carboxylic acid groups (broad SMARTS) is 1. The fourth-order valence-electron chi connectivity index (χ4n) is 6.81. The number of carbonyl (C=O) groups is 4. The summed E-state index contributed by atoms with van der Waals surface area (Å²) in [7, 11) is 0. The van der Waals surface area contributed by atoms with Gasteiger partial charge in [0.15, 0.2) is 5.78 Å². The molecule has 1 aliphatic carbocycles. The van der Waals surface area contributed by atoms with Gasteiger partial charge in [-0.3, -0.25) is 9.59 Å². The van der Waals surface area contributed by atoms with E-state index in [1.807, 2.05) is 69.3 Å². The van der Waals surface area contributed by atoms with E-state index < -0.39 is 59.6 Å². The van der Waals surface area contributed by atoms with E-state index in [0.29, 0.717) is 11.3 Å². The molecule has 0 radical (unpaired) electrons. The molecule has 0 bridgehead atoms. The number of aliphatic hydroxyl groups excluding tert-OH is 1. The van der Waals surface area contributed by atoms with Crippen LogP contribution in [0.4, 0.5) is 9.59 Å². The summed E-state index contributed by atoms with van der Waals surface area (Å²) in [6, 6.07) is 20.6. The minimum Gasteiger partial charge on any atom is -0.488 e. The van der Waals surface area contributed by atoms with Crippen LogP contribution in [0.5, 0.6) is 5.75 Å². The molecule has 1 saturated heterocycles. The number of likely N-dealkylation sites (tertiary alicyclic amines) is 1. The standard InChI is InChI=1S/C38H45N3O8/c1-37(2,3)49-25-16-14-23(15-17-25)18-31(34(44)39-32(21-42)33(43)24-19-38(4,5)41(20-24)36(46)47)40-35(45)48-22-30-28-12-8-6-10-26(28)27-11-7-9-13-29(27)30/h6-17,24,30-32,42H,18-22H2,1-5H3,(H,39,44)(H,40,45)(H,46,47)/t24?,31-,32-/m0/s1. The van der Waals surface area contributed by atoms with Crippen LogP contribution in [0.2, 0.25) is 0 Å². The van der Waals surface area contributed by atoms with Crippen molar-refractivity contribution in [1.29, 1.82) is 0 Å². The molecular weight excluding hydrogens is 626 g/mol. The molecule has 0 saturated carbocycles. The zero-order valence-electron chi connectivity index (χ0n) is 28.6. The summed E-state index contributed by atoms with van der Waals surface area (Å²) in [6.45, 7) is 8.57. The highest BCUT2D eigenvalue weighted by Gasteiger charge is 2.45. The Bertz CT molecular complexity index is 1650. The first kappa shape index (κ1) is 35.4. The number of fused-ring (bicyclic) bond motifs is 3. The van der Waals surface area contributed by atoms with Crippen molar-refractivity contribution in [2.24, 2.45) is 5.92 Å². The molecule has 0 aromatic heterocycles. The first-order valence-electron chi connectivity index (χ1n) is 16.5. The van der Waals surface area contributed by atoms with Gasteiger partial charge in [-0.25, -0.2) is 9.59 Å². The minimum atomic E-state index is -1.29. The van der Waals surface area contributed by atoms with Gasteiger partial charge < -0.3 is 35.2 Å². The number of rotatable bonds is 11. The number of aliphatic hydroxyl groups is 1. The van der Waals surface area contributed by atoms with Gasteiger partial charge in [0, 0.05) is 30.3 Å².